The molecule has 0 saturated carbocycles. The van der Waals surface area contributed by atoms with Gasteiger partial charge in [-0.05, 0) is 38.8 Å². The lowest BCUT2D eigenvalue weighted by molar-refractivity contribution is 0.0698. The first kappa shape index (κ1) is 14.0. The van der Waals surface area contributed by atoms with Crippen LogP contribution in [0.2, 0.25) is 0 Å². The van der Waals surface area contributed by atoms with Crippen molar-refractivity contribution in [2.24, 2.45) is 0 Å². The van der Waals surface area contributed by atoms with Crippen LogP contribution in [0.4, 0.5) is 9.80 Å². The Morgan fingerprint density at radius 3 is 2.63 bits per heavy atom. The van der Waals surface area contributed by atoms with Gasteiger partial charge in [-0.2, -0.15) is 0 Å². The Morgan fingerprint density at radius 1 is 1.26 bits per heavy atom. The first-order valence-electron chi connectivity index (χ1n) is 5.15. The van der Waals surface area contributed by atoms with Crippen LogP contribution in [0.25, 0.3) is 0 Å². The van der Waals surface area contributed by atoms with Crippen LogP contribution < -0.4 is 10.6 Å². The van der Waals surface area contributed by atoms with Crippen LogP contribution in [0, 0.1) is 0 Å². The van der Waals surface area contributed by atoms with Crippen molar-refractivity contribution in [3.05, 3.63) is 37.8 Å². The molecule has 3 N–H and O–H groups in total. The number of halogens is 1. The standard InChI is InChI=1S/C11H9BrN2O3S2/c12-7-2-4-18-8(7)5-13-11(17)14-9-6(10(15)16)1-3-19-9/h1-4H,5H2,(H,15,16)(H2,13,14,17). The highest BCUT2D eigenvalue weighted by atomic mass is 79.9. The molecule has 0 unspecified atom stereocenters. The molecule has 0 aliphatic carbocycles. The monoisotopic (exact) mass is 360 g/mol. The second-order valence-corrected chi connectivity index (χ2v) is 6.24. The fourth-order valence-corrected chi connectivity index (χ4v) is 3.54. The smallest absolute Gasteiger partial charge is 0.338 e. The van der Waals surface area contributed by atoms with E-state index in [1.165, 1.54) is 28.7 Å². The molecule has 100 valence electrons. The van der Waals surface area contributed by atoms with Gasteiger partial charge in [-0.25, -0.2) is 9.59 Å². The number of anilines is 1. The van der Waals surface area contributed by atoms with Gasteiger partial charge >= 0.3 is 12.0 Å². The molecule has 2 heterocycles. The maximum Gasteiger partial charge on any atom is 0.338 e. The van der Waals surface area contributed by atoms with E-state index in [4.69, 9.17) is 5.11 Å². The van der Waals surface area contributed by atoms with E-state index in [1.807, 2.05) is 11.4 Å². The third kappa shape index (κ3) is 3.55. The van der Waals surface area contributed by atoms with Crippen molar-refractivity contribution in [3.63, 3.8) is 0 Å². The number of nitrogens with one attached hydrogen (secondary N) is 2. The minimum Gasteiger partial charge on any atom is -0.478 e. The number of hydrogen-bond acceptors (Lipinski definition) is 4. The molecule has 2 rings (SSSR count). The van der Waals surface area contributed by atoms with Gasteiger partial charge in [-0.15, -0.1) is 22.7 Å². The predicted octanol–water partition coefficient (Wildman–Crippen LogP) is 3.59. The molecule has 2 aromatic rings. The zero-order valence-electron chi connectivity index (χ0n) is 9.47. The van der Waals surface area contributed by atoms with Gasteiger partial charge in [0.2, 0.25) is 0 Å². The van der Waals surface area contributed by atoms with Crippen LogP contribution in [0.15, 0.2) is 27.4 Å². The molecule has 0 atom stereocenters. The van der Waals surface area contributed by atoms with E-state index in [2.05, 4.69) is 26.6 Å². The second kappa shape index (κ2) is 6.18. The van der Waals surface area contributed by atoms with E-state index in [0.717, 1.165) is 9.35 Å². The van der Waals surface area contributed by atoms with Crippen molar-refractivity contribution < 1.29 is 14.7 Å². The third-order valence-corrected chi connectivity index (χ3v) is 4.98. The lowest BCUT2D eigenvalue weighted by atomic mass is 10.3. The Balaban J connectivity index is 1.93. The zero-order valence-corrected chi connectivity index (χ0v) is 12.7. The molecular weight excluding hydrogens is 352 g/mol. The van der Waals surface area contributed by atoms with Crippen LogP contribution >= 0.6 is 38.6 Å². The highest BCUT2D eigenvalue weighted by Gasteiger charge is 2.13. The molecule has 0 bridgehead atoms. The predicted molar refractivity (Wildman–Crippen MR) is 79.2 cm³/mol. The molecule has 0 spiro atoms. The number of hydrogen-bond donors (Lipinski definition) is 3. The number of carboxylic acid groups (broad SMARTS) is 1. The summed E-state index contributed by atoms with van der Waals surface area (Å²) in [6, 6.07) is 2.94. The van der Waals surface area contributed by atoms with Crippen LogP contribution in [0.1, 0.15) is 15.2 Å². The van der Waals surface area contributed by atoms with Crippen LogP contribution in [-0.2, 0) is 6.54 Å². The summed E-state index contributed by atoms with van der Waals surface area (Å²) < 4.78 is 0.945. The van der Waals surface area contributed by atoms with Crippen LogP contribution in [-0.4, -0.2) is 17.1 Å². The molecule has 8 heteroatoms. The van der Waals surface area contributed by atoms with Crippen molar-refractivity contribution in [2.75, 3.05) is 5.32 Å². The number of rotatable bonds is 4. The quantitative estimate of drug-likeness (QED) is 0.779. The van der Waals surface area contributed by atoms with Gasteiger partial charge in [0, 0.05) is 9.35 Å². The summed E-state index contributed by atoms with van der Waals surface area (Å²) in [5.41, 5.74) is 0.0949. The normalized spacial score (nSPS) is 10.2. The topological polar surface area (TPSA) is 78.4 Å². The first-order valence-corrected chi connectivity index (χ1v) is 7.70. The summed E-state index contributed by atoms with van der Waals surface area (Å²) in [5, 5.41) is 18.0. The van der Waals surface area contributed by atoms with Crippen molar-refractivity contribution >= 4 is 55.6 Å². The summed E-state index contributed by atoms with van der Waals surface area (Å²) in [4.78, 5) is 23.6. The highest BCUT2D eigenvalue weighted by molar-refractivity contribution is 9.10. The van der Waals surface area contributed by atoms with Gasteiger partial charge in [-0.3, -0.25) is 5.32 Å². The fraction of sp³-hybridized carbons (Fsp3) is 0.0909. The Kier molecular flexibility index (Phi) is 4.56. The van der Waals surface area contributed by atoms with Gasteiger partial charge in [0.05, 0.1) is 12.1 Å². The van der Waals surface area contributed by atoms with Gasteiger partial charge in [0.1, 0.15) is 5.00 Å². The molecule has 0 aromatic carbocycles. The minimum atomic E-state index is -1.06. The Bertz CT molecular complexity index is 609. The van der Waals surface area contributed by atoms with Gasteiger partial charge in [0.25, 0.3) is 0 Å². The van der Waals surface area contributed by atoms with Crippen LogP contribution in [0.5, 0.6) is 0 Å². The van der Waals surface area contributed by atoms with Crippen molar-refractivity contribution in [1.82, 2.24) is 5.32 Å². The van der Waals surface area contributed by atoms with Crippen molar-refractivity contribution in [3.8, 4) is 0 Å². The average Bonchev–Trinajstić information content (AvgIpc) is 2.95. The summed E-state index contributed by atoms with van der Waals surface area (Å²) in [6.45, 7) is 0.387. The Labute approximate surface area is 125 Å². The van der Waals surface area contributed by atoms with Gasteiger partial charge in [0.15, 0.2) is 0 Å². The van der Waals surface area contributed by atoms with Crippen LogP contribution in [0.3, 0.4) is 0 Å². The maximum absolute atomic E-state index is 11.7. The number of aromatic carboxylic acids is 1. The van der Waals surface area contributed by atoms with Gasteiger partial charge < -0.3 is 10.4 Å². The van der Waals surface area contributed by atoms with E-state index in [1.54, 1.807) is 5.38 Å². The summed E-state index contributed by atoms with van der Waals surface area (Å²) in [5.74, 6) is -1.06. The molecule has 0 aliphatic rings. The summed E-state index contributed by atoms with van der Waals surface area (Å²) in [6.07, 6.45) is 0. The van der Waals surface area contributed by atoms with Crippen molar-refractivity contribution in [2.45, 2.75) is 6.54 Å². The number of amides is 2. The molecular formula is C11H9BrN2O3S2. The number of carbonyl (C=O) groups is 2. The lowest BCUT2D eigenvalue weighted by Crippen LogP contribution is -2.28. The van der Waals surface area contributed by atoms with E-state index in [0.29, 0.717) is 11.5 Å². The van der Waals surface area contributed by atoms with Gasteiger partial charge in [-0.1, -0.05) is 0 Å². The molecule has 0 fully saturated rings. The second-order valence-electron chi connectivity index (χ2n) is 3.47. The molecule has 0 saturated heterocycles. The molecule has 2 aromatic heterocycles. The lowest BCUT2D eigenvalue weighted by Gasteiger charge is -2.06. The molecule has 2 amide bonds. The third-order valence-electron chi connectivity index (χ3n) is 2.22. The summed E-state index contributed by atoms with van der Waals surface area (Å²) >= 11 is 6.07. The molecule has 0 radical (unpaired) electrons. The SMILES string of the molecule is O=C(NCc1sccc1Br)Nc1sccc1C(=O)O. The van der Waals surface area contributed by atoms with Crippen molar-refractivity contribution in [1.29, 1.82) is 0 Å². The Hall–Kier alpha value is -1.38. The molecule has 5 nitrogen and oxygen atoms in total. The average molecular weight is 361 g/mol. The number of carbonyl (C=O) groups excluding carboxylic acids is 1. The number of urea groups is 1. The highest BCUT2D eigenvalue weighted by Crippen LogP contribution is 2.24. The van der Waals surface area contributed by atoms with E-state index in [9.17, 15) is 9.59 Å². The van der Waals surface area contributed by atoms with E-state index < -0.39 is 12.0 Å². The van der Waals surface area contributed by atoms with E-state index in [-0.39, 0.29) is 5.56 Å². The maximum atomic E-state index is 11.7. The first-order chi connectivity index (χ1) is 9.08. The number of thiophene rings is 2. The largest absolute Gasteiger partial charge is 0.478 e. The molecule has 19 heavy (non-hydrogen) atoms. The minimum absolute atomic E-state index is 0.0949. The molecule has 0 aliphatic heterocycles. The zero-order chi connectivity index (χ0) is 13.8. The van der Waals surface area contributed by atoms with E-state index >= 15 is 0 Å². The summed E-state index contributed by atoms with van der Waals surface area (Å²) in [7, 11) is 0. The fourth-order valence-electron chi connectivity index (χ4n) is 1.33. The Morgan fingerprint density at radius 2 is 2.00 bits per heavy atom. The number of carboxylic acids is 1.